The van der Waals surface area contributed by atoms with Crippen LogP contribution in [0, 0.1) is 0 Å². The van der Waals surface area contributed by atoms with Crippen molar-refractivity contribution in [3.05, 3.63) is 71.0 Å². The van der Waals surface area contributed by atoms with Gasteiger partial charge in [0.2, 0.25) is 5.91 Å². The molecule has 2 aromatic carbocycles. The van der Waals surface area contributed by atoms with E-state index in [2.05, 4.69) is 26.2 Å². The predicted molar refractivity (Wildman–Crippen MR) is 119 cm³/mol. The Labute approximate surface area is 188 Å². The number of benzene rings is 2. The zero-order chi connectivity index (χ0) is 22.9. The second kappa shape index (κ2) is 11.0. The molecule has 0 saturated carbocycles. The zero-order valence-electron chi connectivity index (χ0n) is 17.1. The molecule has 1 amide bonds. The van der Waals surface area contributed by atoms with Gasteiger partial charge < -0.3 is 20.5 Å². The van der Waals surface area contributed by atoms with E-state index in [9.17, 15) is 9.59 Å². The molecule has 3 aromatic rings. The number of carbonyl (C=O) groups excluding carboxylic acids is 1. The first kappa shape index (κ1) is 22.9. The quantitative estimate of drug-likeness (QED) is 0.396. The maximum absolute atomic E-state index is 12.5. The number of rotatable bonds is 10. The molecule has 10 nitrogen and oxygen atoms in total. The third-order valence-electron chi connectivity index (χ3n) is 4.40. The lowest BCUT2D eigenvalue weighted by Crippen LogP contribution is -2.42. The van der Waals surface area contributed by atoms with Crippen molar-refractivity contribution in [1.82, 2.24) is 25.5 Å². The van der Waals surface area contributed by atoms with Gasteiger partial charge in [0.15, 0.2) is 0 Å². The van der Waals surface area contributed by atoms with Gasteiger partial charge in [-0.3, -0.25) is 4.79 Å². The summed E-state index contributed by atoms with van der Waals surface area (Å²) in [5.41, 5.74) is 2.26. The Hall–Kier alpha value is -3.76. The number of halogens is 1. The van der Waals surface area contributed by atoms with Crippen LogP contribution in [0.2, 0.25) is 5.02 Å². The van der Waals surface area contributed by atoms with E-state index < -0.39 is 5.97 Å². The number of carbonyl (C=O) groups is 2. The van der Waals surface area contributed by atoms with Crippen LogP contribution in [0.25, 0.3) is 11.8 Å². The second-order valence-corrected chi connectivity index (χ2v) is 7.15. The highest BCUT2D eigenvalue weighted by Crippen LogP contribution is 2.20. The lowest BCUT2D eigenvalue weighted by molar-refractivity contribution is -0.117. The molecule has 0 bridgehead atoms. The van der Waals surface area contributed by atoms with E-state index in [0.29, 0.717) is 22.8 Å². The molecule has 0 unspecified atom stereocenters. The summed E-state index contributed by atoms with van der Waals surface area (Å²) in [6.45, 7) is 0.666. The molecule has 3 N–H and O–H groups in total. The van der Waals surface area contributed by atoms with Crippen molar-refractivity contribution >= 4 is 35.2 Å². The van der Waals surface area contributed by atoms with E-state index in [1.807, 2.05) is 0 Å². The van der Waals surface area contributed by atoms with Crippen LogP contribution in [-0.2, 0) is 9.53 Å². The molecule has 32 heavy (non-hydrogen) atoms. The molecule has 0 radical (unpaired) electrons. The fourth-order valence-corrected chi connectivity index (χ4v) is 3.06. The van der Waals surface area contributed by atoms with Crippen LogP contribution in [-0.4, -0.2) is 63.5 Å². The zero-order valence-corrected chi connectivity index (χ0v) is 17.9. The molecule has 0 aliphatic rings. The summed E-state index contributed by atoms with van der Waals surface area (Å²) in [5, 5.41) is 26.6. The van der Waals surface area contributed by atoms with Gasteiger partial charge >= 0.3 is 5.97 Å². The van der Waals surface area contributed by atoms with Crippen LogP contribution in [0.15, 0.2) is 54.9 Å². The highest BCUT2D eigenvalue weighted by molar-refractivity contribution is 6.30. The van der Waals surface area contributed by atoms with Crippen LogP contribution in [0.4, 0.5) is 5.69 Å². The van der Waals surface area contributed by atoms with Crippen LogP contribution in [0.3, 0.4) is 0 Å². The summed E-state index contributed by atoms with van der Waals surface area (Å²) < 4.78 is 6.66. The van der Waals surface area contributed by atoms with Gasteiger partial charge in [-0.2, -0.15) is 4.68 Å². The number of amides is 1. The number of aromatic nitrogens is 4. The van der Waals surface area contributed by atoms with Crippen LogP contribution in [0.1, 0.15) is 15.9 Å². The molecule has 0 fully saturated rings. The fourth-order valence-electron chi connectivity index (χ4n) is 2.88. The number of methoxy groups -OCH3 is 1. The monoisotopic (exact) mass is 456 g/mol. The average molecular weight is 457 g/mol. The fraction of sp³-hybridized carbons (Fsp3) is 0.190. The Morgan fingerprint density at radius 3 is 2.69 bits per heavy atom. The van der Waals surface area contributed by atoms with Crippen molar-refractivity contribution in [2.75, 3.05) is 25.6 Å². The van der Waals surface area contributed by atoms with Crippen molar-refractivity contribution in [2.45, 2.75) is 6.04 Å². The van der Waals surface area contributed by atoms with E-state index in [1.54, 1.807) is 43.5 Å². The molecule has 3 rings (SSSR count). The minimum atomic E-state index is -0.990. The van der Waals surface area contributed by atoms with Crippen molar-refractivity contribution in [2.24, 2.45) is 0 Å². The molecular weight excluding hydrogens is 436 g/mol. The van der Waals surface area contributed by atoms with Crippen LogP contribution >= 0.6 is 11.6 Å². The SMILES string of the molecule is COC[C@H](CNc1ccc(C(=O)O)cc1)NC(=O)/C=C/c1cc(Cl)ccc1-n1cnnn1. The lowest BCUT2D eigenvalue weighted by Gasteiger charge is -2.18. The predicted octanol–water partition coefficient (Wildman–Crippen LogP) is 2.27. The summed E-state index contributed by atoms with van der Waals surface area (Å²) in [4.78, 5) is 23.4. The smallest absolute Gasteiger partial charge is 0.335 e. The van der Waals surface area contributed by atoms with Crippen molar-refractivity contribution in [3.63, 3.8) is 0 Å². The summed E-state index contributed by atoms with van der Waals surface area (Å²) in [6.07, 6.45) is 4.47. The third kappa shape index (κ3) is 6.37. The van der Waals surface area contributed by atoms with Gasteiger partial charge in [0, 0.05) is 36.0 Å². The Bertz CT molecular complexity index is 1090. The first-order chi connectivity index (χ1) is 15.5. The average Bonchev–Trinajstić information content (AvgIpc) is 3.31. The lowest BCUT2D eigenvalue weighted by atomic mass is 10.1. The number of carboxylic acid groups (broad SMARTS) is 1. The molecule has 0 saturated heterocycles. The highest BCUT2D eigenvalue weighted by Gasteiger charge is 2.12. The molecule has 0 aliphatic carbocycles. The number of aromatic carboxylic acids is 1. The van der Waals surface area contributed by atoms with E-state index in [4.69, 9.17) is 21.4 Å². The van der Waals surface area contributed by atoms with Gasteiger partial charge in [-0.25, -0.2) is 4.79 Å². The van der Waals surface area contributed by atoms with E-state index >= 15 is 0 Å². The van der Waals surface area contributed by atoms with E-state index in [-0.39, 0.29) is 24.1 Å². The molecular formula is C21H21ClN6O4. The van der Waals surface area contributed by atoms with Crippen LogP contribution < -0.4 is 10.6 Å². The van der Waals surface area contributed by atoms with Crippen molar-refractivity contribution in [1.29, 1.82) is 0 Å². The Morgan fingerprint density at radius 2 is 2.03 bits per heavy atom. The molecule has 11 heteroatoms. The van der Waals surface area contributed by atoms with Gasteiger partial charge in [0.05, 0.1) is 23.9 Å². The summed E-state index contributed by atoms with van der Waals surface area (Å²) in [5.74, 6) is -1.31. The first-order valence-corrected chi connectivity index (χ1v) is 9.91. The Balaban J connectivity index is 1.63. The number of hydrogen-bond donors (Lipinski definition) is 3. The standard InChI is InChI=1S/C21H21ClN6O4/c1-32-12-18(11-23-17-6-2-14(3-7-17)21(30)31)25-20(29)9-4-15-10-16(22)5-8-19(15)28-13-24-26-27-28/h2-10,13,18,23H,11-12H2,1H3,(H,25,29)(H,30,31)/b9-4+/t18-/m0/s1. The normalized spacial score (nSPS) is 11.9. The summed E-state index contributed by atoms with van der Waals surface area (Å²) >= 11 is 6.09. The van der Waals surface area contributed by atoms with Crippen LogP contribution in [0.5, 0.6) is 0 Å². The Kier molecular flexibility index (Phi) is 7.90. The molecule has 166 valence electrons. The van der Waals surface area contributed by atoms with E-state index in [0.717, 1.165) is 5.69 Å². The Morgan fingerprint density at radius 1 is 1.25 bits per heavy atom. The number of nitrogens with one attached hydrogen (secondary N) is 2. The molecule has 0 aliphatic heterocycles. The third-order valence-corrected chi connectivity index (χ3v) is 4.63. The maximum atomic E-state index is 12.5. The first-order valence-electron chi connectivity index (χ1n) is 9.54. The number of carboxylic acids is 1. The molecule has 0 spiro atoms. The minimum absolute atomic E-state index is 0.199. The number of hydrogen-bond acceptors (Lipinski definition) is 7. The number of nitrogens with zero attached hydrogens (tertiary/aromatic N) is 4. The minimum Gasteiger partial charge on any atom is -0.478 e. The summed E-state index contributed by atoms with van der Waals surface area (Å²) in [7, 11) is 1.54. The molecule has 1 aromatic heterocycles. The number of ether oxygens (including phenoxy) is 1. The molecule has 1 heterocycles. The maximum Gasteiger partial charge on any atom is 0.335 e. The van der Waals surface area contributed by atoms with Crippen molar-refractivity contribution in [3.8, 4) is 5.69 Å². The van der Waals surface area contributed by atoms with Gasteiger partial charge in [-0.15, -0.1) is 5.10 Å². The highest BCUT2D eigenvalue weighted by atomic mass is 35.5. The second-order valence-electron chi connectivity index (χ2n) is 6.72. The topological polar surface area (TPSA) is 131 Å². The van der Waals surface area contributed by atoms with Gasteiger partial charge in [-0.05, 0) is 59.0 Å². The summed E-state index contributed by atoms with van der Waals surface area (Å²) in [6, 6.07) is 11.2. The number of tetrazole rings is 1. The largest absolute Gasteiger partial charge is 0.478 e. The van der Waals surface area contributed by atoms with Crippen molar-refractivity contribution < 1.29 is 19.4 Å². The van der Waals surface area contributed by atoms with Gasteiger partial charge in [0.25, 0.3) is 0 Å². The van der Waals surface area contributed by atoms with Gasteiger partial charge in [-0.1, -0.05) is 11.6 Å². The van der Waals surface area contributed by atoms with E-state index in [1.165, 1.54) is 29.2 Å². The molecule has 1 atom stereocenters. The number of anilines is 1. The van der Waals surface area contributed by atoms with Gasteiger partial charge in [0.1, 0.15) is 6.33 Å².